The number of amides is 1. The summed E-state index contributed by atoms with van der Waals surface area (Å²) < 4.78 is 5.30. The van der Waals surface area contributed by atoms with Gasteiger partial charge in [-0.15, -0.1) is 0 Å². The van der Waals surface area contributed by atoms with Crippen LogP contribution in [0.15, 0.2) is 60.5 Å². The molecule has 0 radical (unpaired) electrons. The normalized spacial score (nSPS) is 10.4. The largest absolute Gasteiger partial charge is 0.504 e. The van der Waals surface area contributed by atoms with Gasteiger partial charge in [-0.05, 0) is 24.3 Å². The van der Waals surface area contributed by atoms with Crippen LogP contribution in [0.4, 0.5) is 0 Å². The van der Waals surface area contributed by atoms with E-state index in [0.717, 1.165) is 0 Å². The SMILES string of the molecule is C=CCOc1cccc(/C=N/NC(=O)c2cccnc2)c1O. The monoisotopic (exact) mass is 297 g/mol. The smallest absolute Gasteiger partial charge is 0.272 e. The van der Waals surface area contributed by atoms with Gasteiger partial charge in [0.25, 0.3) is 5.91 Å². The Bertz CT molecular complexity index is 684. The van der Waals surface area contributed by atoms with E-state index in [0.29, 0.717) is 16.9 Å². The maximum absolute atomic E-state index is 11.8. The average Bonchev–Trinajstić information content (AvgIpc) is 2.56. The Morgan fingerprint density at radius 3 is 3.00 bits per heavy atom. The summed E-state index contributed by atoms with van der Waals surface area (Å²) in [6.45, 7) is 3.82. The first-order valence-corrected chi connectivity index (χ1v) is 6.51. The van der Waals surface area contributed by atoms with E-state index in [2.05, 4.69) is 22.1 Å². The highest BCUT2D eigenvalue weighted by molar-refractivity contribution is 5.94. The number of hydrogen-bond donors (Lipinski definition) is 2. The number of nitrogens with zero attached hydrogens (tertiary/aromatic N) is 2. The molecule has 1 aromatic heterocycles. The molecule has 2 aromatic rings. The number of carbonyl (C=O) groups is 1. The first-order chi connectivity index (χ1) is 10.7. The number of nitrogens with one attached hydrogen (secondary N) is 1. The number of phenols is 1. The van der Waals surface area contributed by atoms with Gasteiger partial charge in [-0.2, -0.15) is 5.10 Å². The number of carbonyl (C=O) groups excluding carboxylic acids is 1. The lowest BCUT2D eigenvalue weighted by molar-refractivity contribution is 0.0954. The molecule has 2 rings (SSSR count). The van der Waals surface area contributed by atoms with Gasteiger partial charge in [0.05, 0.1) is 11.8 Å². The molecule has 1 aromatic carbocycles. The van der Waals surface area contributed by atoms with Gasteiger partial charge in [-0.25, -0.2) is 5.43 Å². The summed E-state index contributed by atoms with van der Waals surface area (Å²) in [7, 11) is 0. The van der Waals surface area contributed by atoms with E-state index in [-0.39, 0.29) is 18.3 Å². The Labute approximate surface area is 127 Å². The molecule has 0 fully saturated rings. The molecule has 0 bridgehead atoms. The zero-order valence-corrected chi connectivity index (χ0v) is 11.8. The van der Waals surface area contributed by atoms with Gasteiger partial charge in [0.2, 0.25) is 0 Å². The molecule has 0 aliphatic carbocycles. The predicted molar refractivity (Wildman–Crippen MR) is 83.1 cm³/mol. The molecule has 1 amide bonds. The summed E-state index contributed by atoms with van der Waals surface area (Å²) in [5, 5.41) is 13.8. The zero-order valence-electron chi connectivity index (χ0n) is 11.8. The molecule has 0 aliphatic heterocycles. The van der Waals surface area contributed by atoms with Crippen molar-refractivity contribution in [2.75, 3.05) is 6.61 Å². The van der Waals surface area contributed by atoms with E-state index in [1.54, 1.807) is 42.6 Å². The summed E-state index contributed by atoms with van der Waals surface area (Å²) >= 11 is 0. The Morgan fingerprint density at radius 2 is 2.27 bits per heavy atom. The van der Waals surface area contributed by atoms with Gasteiger partial charge >= 0.3 is 0 Å². The van der Waals surface area contributed by atoms with Crippen LogP contribution in [0.2, 0.25) is 0 Å². The minimum absolute atomic E-state index is 0.0521. The van der Waals surface area contributed by atoms with E-state index in [9.17, 15) is 9.90 Å². The number of hydrazone groups is 1. The highest BCUT2D eigenvalue weighted by Gasteiger charge is 2.06. The fraction of sp³-hybridized carbons (Fsp3) is 0.0625. The molecule has 22 heavy (non-hydrogen) atoms. The zero-order chi connectivity index (χ0) is 15.8. The fourth-order valence-corrected chi connectivity index (χ4v) is 1.63. The molecule has 6 heteroatoms. The maximum Gasteiger partial charge on any atom is 0.272 e. The maximum atomic E-state index is 11.8. The van der Waals surface area contributed by atoms with Crippen LogP contribution in [0.1, 0.15) is 15.9 Å². The van der Waals surface area contributed by atoms with Crippen molar-refractivity contribution in [3.05, 3.63) is 66.5 Å². The van der Waals surface area contributed by atoms with Crippen LogP contribution < -0.4 is 10.2 Å². The number of hydrogen-bond acceptors (Lipinski definition) is 5. The van der Waals surface area contributed by atoms with Gasteiger partial charge in [0, 0.05) is 18.0 Å². The van der Waals surface area contributed by atoms with E-state index < -0.39 is 0 Å². The molecule has 0 aliphatic rings. The van der Waals surface area contributed by atoms with E-state index in [1.165, 1.54) is 12.4 Å². The average molecular weight is 297 g/mol. The van der Waals surface area contributed by atoms with Crippen molar-refractivity contribution in [3.63, 3.8) is 0 Å². The van der Waals surface area contributed by atoms with Crippen LogP contribution in [0.3, 0.4) is 0 Å². The topological polar surface area (TPSA) is 83.8 Å². The van der Waals surface area contributed by atoms with Crippen LogP contribution in [0, 0.1) is 0 Å². The van der Waals surface area contributed by atoms with Crippen molar-refractivity contribution >= 4 is 12.1 Å². The lowest BCUT2D eigenvalue weighted by Crippen LogP contribution is -2.17. The number of para-hydroxylation sites is 1. The van der Waals surface area contributed by atoms with Crippen molar-refractivity contribution in [3.8, 4) is 11.5 Å². The van der Waals surface area contributed by atoms with Crippen LogP contribution in [-0.4, -0.2) is 28.8 Å². The predicted octanol–water partition coefficient (Wildman–Crippen LogP) is 2.12. The standard InChI is InChI=1S/C16H15N3O3/c1-2-9-22-14-7-3-5-12(15(14)20)11-18-19-16(21)13-6-4-8-17-10-13/h2-8,10-11,20H,1,9H2,(H,19,21)/b18-11+. The first kappa shape index (κ1) is 15.2. The minimum Gasteiger partial charge on any atom is -0.504 e. The van der Waals surface area contributed by atoms with E-state index >= 15 is 0 Å². The lowest BCUT2D eigenvalue weighted by atomic mass is 10.2. The first-order valence-electron chi connectivity index (χ1n) is 6.51. The number of ether oxygens (including phenoxy) is 1. The fourth-order valence-electron chi connectivity index (χ4n) is 1.63. The number of pyridine rings is 1. The molecule has 0 atom stereocenters. The molecular weight excluding hydrogens is 282 g/mol. The van der Waals surface area contributed by atoms with Crippen LogP contribution in [-0.2, 0) is 0 Å². The highest BCUT2D eigenvalue weighted by Crippen LogP contribution is 2.28. The minimum atomic E-state index is -0.386. The molecule has 112 valence electrons. The van der Waals surface area contributed by atoms with Crippen molar-refractivity contribution in [1.29, 1.82) is 0 Å². The number of aromatic nitrogens is 1. The Morgan fingerprint density at radius 1 is 1.41 bits per heavy atom. The third-order valence-corrected chi connectivity index (χ3v) is 2.68. The number of aromatic hydroxyl groups is 1. The Balaban J connectivity index is 2.04. The molecule has 0 unspecified atom stereocenters. The number of rotatable bonds is 6. The van der Waals surface area contributed by atoms with Crippen molar-refractivity contribution in [2.45, 2.75) is 0 Å². The second-order valence-corrected chi connectivity index (χ2v) is 4.23. The van der Waals surface area contributed by atoms with Gasteiger partial charge in [0.15, 0.2) is 11.5 Å². The molecule has 0 spiro atoms. The third kappa shape index (κ3) is 3.92. The van der Waals surface area contributed by atoms with Crippen LogP contribution in [0.5, 0.6) is 11.5 Å². The molecule has 2 N–H and O–H groups in total. The van der Waals surface area contributed by atoms with Crippen LogP contribution in [0.25, 0.3) is 0 Å². The second kappa shape index (κ2) is 7.58. The summed E-state index contributed by atoms with van der Waals surface area (Å²) in [5.74, 6) is -0.117. The quantitative estimate of drug-likeness (QED) is 0.486. The van der Waals surface area contributed by atoms with E-state index in [4.69, 9.17) is 4.74 Å². The molecule has 6 nitrogen and oxygen atoms in total. The third-order valence-electron chi connectivity index (χ3n) is 2.68. The summed E-state index contributed by atoms with van der Waals surface area (Å²) in [6.07, 6.45) is 5.93. The lowest BCUT2D eigenvalue weighted by Gasteiger charge is -2.07. The van der Waals surface area contributed by atoms with Crippen LogP contribution >= 0.6 is 0 Å². The Kier molecular flexibility index (Phi) is 5.25. The molecule has 0 saturated heterocycles. The van der Waals surface area contributed by atoms with Gasteiger partial charge < -0.3 is 9.84 Å². The Hall–Kier alpha value is -3.15. The molecule has 0 saturated carbocycles. The highest BCUT2D eigenvalue weighted by atomic mass is 16.5. The summed E-state index contributed by atoms with van der Waals surface area (Å²) in [4.78, 5) is 15.6. The van der Waals surface area contributed by atoms with Gasteiger partial charge in [0.1, 0.15) is 6.61 Å². The molecule has 1 heterocycles. The van der Waals surface area contributed by atoms with Gasteiger partial charge in [-0.1, -0.05) is 18.7 Å². The molecular formula is C16H15N3O3. The summed E-state index contributed by atoms with van der Waals surface area (Å²) in [6, 6.07) is 8.27. The summed E-state index contributed by atoms with van der Waals surface area (Å²) in [5.41, 5.74) is 3.18. The number of benzene rings is 1. The second-order valence-electron chi connectivity index (χ2n) is 4.23. The van der Waals surface area contributed by atoms with Crippen molar-refractivity contribution < 1.29 is 14.6 Å². The van der Waals surface area contributed by atoms with Crippen molar-refractivity contribution in [1.82, 2.24) is 10.4 Å². The van der Waals surface area contributed by atoms with E-state index in [1.807, 2.05) is 0 Å². The van der Waals surface area contributed by atoms with Crippen molar-refractivity contribution in [2.24, 2.45) is 5.10 Å². The van der Waals surface area contributed by atoms with Gasteiger partial charge in [-0.3, -0.25) is 9.78 Å². The number of phenolic OH excluding ortho intramolecular Hbond substituents is 1.